The molecular weight excluding hydrogens is 196 g/mol. The molecule has 1 unspecified atom stereocenters. The highest BCUT2D eigenvalue weighted by molar-refractivity contribution is 7.86. The van der Waals surface area contributed by atoms with Crippen molar-refractivity contribution in [2.45, 2.75) is 4.21 Å². The third kappa shape index (κ3) is 1.67. The zero-order valence-electron chi connectivity index (χ0n) is 6.27. The summed E-state index contributed by atoms with van der Waals surface area (Å²) in [6, 6.07) is 1.45. The molecule has 0 saturated heterocycles. The summed E-state index contributed by atoms with van der Waals surface area (Å²) in [4.78, 5) is 21.2. The molecule has 0 aliphatic heterocycles. The van der Waals surface area contributed by atoms with Gasteiger partial charge in [-0.05, 0) is 6.07 Å². The fraction of sp³-hybridized carbons (Fsp3) is 0.143. The van der Waals surface area contributed by atoms with E-state index in [0.717, 1.165) is 11.3 Å². The molecule has 1 atom stereocenters. The molecule has 0 fully saturated rings. The van der Waals surface area contributed by atoms with Crippen molar-refractivity contribution < 1.29 is 13.8 Å². The minimum absolute atomic E-state index is 0.350. The fourth-order valence-corrected chi connectivity index (χ4v) is 2.64. The van der Waals surface area contributed by atoms with E-state index in [1.807, 2.05) is 0 Å². The van der Waals surface area contributed by atoms with Crippen molar-refractivity contribution in [2.75, 3.05) is 6.26 Å². The number of hydrogen-bond donors (Lipinski definition) is 0. The summed E-state index contributed by atoms with van der Waals surface area (Å²) in [7, 11) is -1.19. The van der Waals surface area contributed by atoms with Gasteiger partial charge in [0.05, 0.1) is 15.7 Å². The lowest BCUT2D eigenvalue weighted by Crippen LogP contribution is -1.87. The minimum Gasteiger partial charge on any atom is -0.298 e. The Kier molecular flexibility index (Phi) is 2.88. The van der Waals surface area contributed by atoms with Crippen molar-refractivity contribution in [3.05, 3.63) is 16.5 Å². The van der Waals surface area contributed by atoms with E-state index >= 15 is 0 Å². The molecule has 3 nitrogen and oxygen atoms in total. The van der Waals surface area contributed by atoms with Crippen molar-refractivity contribution in [1.82, 2.24) is 0 Å². The Morgan fingerprint density at radius 2 is 2.08 bits per heavy atom. The number of hydrogen-bond acceptors (Lipinski definition) is 4. The van der Waals surface area contributed by atoms with E-state index in [-0.39, 0.29) is 0 Å². The average Bonchev–Trinajstić information content (AvgIpc) is 2.47. The lowest BCUT2D eigenvalue weighted by atomic mass is 10.3. The molecule has 0 bridgehead atoms. The largest absolute Gasteiger partial charge is 0.298 e. The Morgan fingerprint density at radius 1 is 1.42 bits per heavy atom. The summed E-state index contributed by atoms with van der Waals surface area (Å²) in [5, 5.41) is 0. The molecule has 5 heteroatoms. The highest BCUT2D eigenvalue weighted by atomic mass is 32.2. The van der Waals surface area contributed by atoms with Crippen LogP contribution in [0.5, 0.6) is 0 Å². The van der Waals surface area contributed by atoms with Gasteiger partial charge in [-0.2, -0.15) is 0 Å². The summed E-state index contributed by atoms with van der Waals surface area (Å²) in [5.41, 5.74) is 0.350. The summed E-state index contributed by atoms with van der Waals surface area (Å²) >= 11 is 1.09. The third-order valence-corrected chi connectivity index (χ3v) is 3.83. The SMILES string of the molecule is CS(=O)c1sc(C=O)cc1C=O. The summed E-state index contributed by atoms with van der Waals surface area (Å²) in [6.45, 7) is 0. The Hall–Kier alpha value is -0.810. The maximum absolute atomic E-state index is 11.0. The molecule has 0 amide bonds. The number of thiophene rings is 1. The van der Waals surface area contributed by atoms with Crippen LogP contribution in [0.3, 0.4) is 0 Å². The number of carbonyl (C=O) groups is 2. The molecule has 12 heavy (non-hydrogen) atoms. The molecule has 1 aromatic heterocycles. The van der Waals surface area contributed by atoms with Gasteiger partial charge >= 0.3 is 0 Å². The number of carbonyl (C=O) groups excluding carboxylic acids is 2. The zero-order chi connectivity index (χ0) is 9.14. The van der Waals surface area contributed by atoms with Gasteiger partial charge in [-0.15, -0.1) is 11.3 Å². The quantitative estimate of drug-likeness (QED) is 0.690. The average molecular weight is 202 g/mol. The van der Waals surface area contributed by atoms with Gasteiger partial charge in [0.15, 0.2) is 12.6 Å². The fourth-order valence-electron chi connectivity index (χ4n) is 0.772. The number of rotatable bonds is 3. The van der Waals surface area contributed by atoms with Gasteiger partial charge in [0.1, 0.15) is 4.21 Å². The Labute approximate surface area is 75.9 Å². The zero-order valence-corrected chi connectivity index (χ0v) is 7.91. The van der Waals surface area contributed by atoms with Crippen LogP contribution >= 0.6 is 11.3 Å². The molecule has 1 rings (SSSR count). The predicted molar refractivity (Wildman–Crippen MR) is 47.4 cm³/mol. The molecule has 0 aliphatic carbocycles. The van der Waals surface area contributed by atoms with Gasteiger partial charge in [-0.25, -0.2) is 0 Å². The predicted octanol–water partition coefficient (Wildman–Crippen LogP) is 1.11. The maximum Gasteiger partial charge on any atom is 0.160 e. The smallest absolute Gasteiger partial charge is 0.160 e. The van der Waals surface area contributed by atoms with Crippen LogP contribution in [0.25, 0.3) is 0 Å². The second-order valence-electron chi connectivity index (χ2n) is 2.08. The van der Waals surface area contributed by atoms with E-state index in [0.29, 0.717) is 27.2 Å². The minimum atomic E-state index is -1.19. The molecular formula is C7H6O3S2. The molecule has 1 aromatic rings. The van der Waals surface area contributed by atoms with E-state index in [1.54, 1.807) is 0 Å². The summed E-state index contributed by atoms with van der Waals surface area (Å²) in [6.07, 6.45) is 2.74. The van der Waals surface area contributed by atoms with Crippen LogP contribution in [0, 0.1) is 0 Å². The Morgan fingerprint density at radius 3 is 2.42 bits per heavy atom. The van der Waals surface area contributed by atoms with E-state index in [2.05, 4.69) is 0 Å². The van der Waals surface area contributed by atoms with Gasteiger partial charge in [-0.3, -0.25) is 13.8 Å². The topological polar surface area (TPSA) is 51.2 Å². The molecule has 1 heterocycles. The Balaban J connectivity index is 3.25. The highest BCUT2D eigenvalue weighted by Crippen LogP contribution is 2.22. The molecule has 0 N–H and O–H groups in total. The Bertz CT molecular complexity index is 340. The van der Waals surface area contributed by atoms with Crippen LogP contribution in [0.1, 0.15) is 20.0 Å². The van der Waals surface area contributed by atoms with Crippen molar-refractivity contribution in [1.29, 1.82) is 0 Å². The monoisotopic (exact) mass is 202 g/mol. The first-order chi connectivity index (χ1) is 5.69. The second kappa shape index (κ2) is 3.73. The van der Waals surface area contributed by atoms with Gasteiger partial charge in [0, 0.05) is 11.8 Å². The van der Waals surface area contributed by atoms with Crippen LogP contribution in [0.15, 0.2) is 10.3 Å². The summed E-state index contributed by atoms with van der Waals surface area (Å²) in [5.74, 6) is 0. The highest BCUT2D eigenvalue weighted by Gasteiger charge is 2.10. The van der Waals surface area contributed by atoms with Gasteiger partial charge in [-0.1, -0.05) is 0 Å². The molecule has 0 saturated carbocycles. The number of aldehydes is 2. The van der Waals surface area contributed by atoms with Crippen molar-refractivity contribution in [2.24, 2.45) is 0 Å². The van der Waals surface area contributed by atoms with E-state index in [4.69, 9.17) is 0 Å². The van der Waals surface area contributed by atoms with Gasteiger partial charge < -0.3 is 0 Å². The van der Waals surface area contributed by atoms with Crippen molar-refractivity contribution >= 4 is 34.7 Å². The van der Waals surface area contributed by atoms with Gasteiger partial charge in [0.2, 0.25) is 0 Å². The second-order valence-corrected chi connectivity index (χ2v) is 4.74. The van der Waals surface area contributed by atoms with Crippen LogP contribution in [-0.2, 0) is 10.8 Å². The molecule has 64 valence electrons. The molecule has 0 radical (unpaired) electrons. The normalized spacial score (nSPS) is 12.4. The van der Waals surface area contributed by atoms with Crippen LogP contribution in [-0.4, -0.2) is 23.0 Å². The molecule has 0 aliphatic rings. The van der Waals surface area contributed by atoms with E-state index in [9.17, 15) is 13.8 Å². The maximum atomic E-state index is 11.0. The van der Waals surface area contributed by atoms with Gasteiger partial charge in [0.25, 0.3) is 0 Å². The van der Waals surface area contributed by atoms with E-state index in [1.165, 1.54) is 12.3 Å². The first kappa shape index (κ1) is 9.28. The summed E-state index contributed by atoms with van der Waals surface area (Å²) < 4.78 is 11.5. The van der Waals surface area contributed by atoms with Crippen molar-refractivity contribution in [3.8, 4) is 0 Å². The standard InChI is InChI=1S/C7H6O3S2/c1-12(10)7-5(3-8)2-6(4-9)11-7/h2-4H,1H3. The molecule has 0 spiro atoms. The van der Waals surface area contributed by atoms with Crippen LogP contribution in [0.2, 0.25) is 0 Å². The van der Waals surface area contributed by atoms with Crippen LogP contribution < -0.4 is 0 Å². The first-order valence-corrected chi connectivity index (χ1v) is 5.44. The lowest BCUT2D eigenvalue weighted by molar-refractivity contribution is 0.112. The van der Waals surface area contributed by atoms with Crippen LogP contribution in [0.4, 0.5) is 0 Å². The van der Waals surface area contributed by atoms with E-state index < -0.39 is 10.8 Å². The third-order valence-electron chi connectivity index (χ3n) is 1.25. The van der Waals surface area contributed by atoms with Crippen molar-refractivity contribution in [3.63, 3.8) is 0 Å². The first-order valence-electron chi connectivity index (χ1n) is 3.06. The molecule has 0 aromatic carbocycles. The lowest BCUT2D eigenvalue weighted by Gasteiger charge is -1.88.